The molecule has 2 heterocycles. The standard InChI is InChI=1S/C19H23FN4O2S/c1-11(2)10-26-14-6-12(5-13(20)7-14)15-9-22-17(27-15)19(3)8-16(25)24(4)18(21)23-19/h5-7,9,11H,8,10H2,1-4H3,(H2,21,23)/t19-/m0/s1. The highest BCUT2D eigenvalue weighted by atomic mass is 32.1. The number of aromatic nitrogens is 1. The van der Waals surface area contributed by atoms with Gasteiger partial charge in [-0.15, -0.1) is 11.3 Å². The topological polar surface area (TPSA) is 80.8 Å². The van der Waals surface area contributed by atoms with Crippen LogP contribution in [0.3, 0.4) is 0 Å². The number of guanidine groups is 1. The van der Waals surface area contributed by atoms with Gasteiger partial charge in [-0.1, -0.05) is 13.8 Å². The number of aliphatic imine (C=N–C) groups is 1. The molecule has 0 spiro atoms. The first kappa shape index (κ1) is 19.3. The quantitative estimate of drug-likeness (QED) is 0.849. The van der Waals surface area contributed by atoms with Crippen molar-refractivity contribution in [3.05, 3.63) is 35.2 Å². The van der Waals surface area contributed by atoms with Gasteiger partial charge < -0.3 is 10.5 Å². The number of hydrogen-bond acceptors (Lipinski definition) is 6. The number of amides is 1. The van der Waals surface area contributed by atoms with E-state index in [2.05, 4.69) is 9.98 Å². The second-order valence-corrected chi connectivity index (χ2v) is 8.31. The molecule has 0 saturated carbocycles. The van der Waals surface area contributed by atoms with Gasteiger partial charge >= 0.3 is 0 Å². The summed E-state index contributed by atoms with van der Waals surface area (Å²) >= 11 is 1.37. The van der Waals surface area contributed by atoms with Gasteiger partial charge in [0.05, 0.1) is 17.9 Å². The molecule has 3 rings (SSSR count). The molecule has 0 radical (unpaired) electrons. The number of hydrogen-bond donors (Lipinski definition) is 1. The summed E-state index contributed by atoms with van der Waals surface area (Å²) in [4.78, 5) is 23.2. The van der Waals surface area contributed by atoms with E-state index in [-0.39, 0.29) is 24.1 Å². The van der Waals surface area contributed by atoms with Crippen LogP contribution >= 0.6 is 11.3 Å². The zero-order valence-corrected chi connectivity index (χ0v) is 16.6. The molecule has 1 aromatic heterocycles. The first-order chi connectivity index (χ1) is 12.7. The molecule has 2 N–H and O–H groups in total. The van der Waals surface area contributed by atoms with Crippen LogP contribution in [-0.2, 0) is 10.3 Å². The zero-order chi connectivity index (χ0) is 19.8. The van der Waals surface area contributed by atoms with Gasteiger partial charge in [-0.3, -0.25) is 9.69 Å². The van der Waals surface area contributed by atoms with Crippen molar-refractivity contribution in [2.24, 2.45) is 16.6 Å². The first-order valence-corrected chi connectivity index (χ1v) is 9.51. The van der Waals surface area contributed by atoms with Gasteiger partial charge in [-0.2, -0.15) is 0 Å². The van der Waals surface area contributed by atoms with E-state index in [1.54, 1.807) is 19.3 Å². The second kappa shape index (κ2) is 7.26. The molecular formula is C19H23FN4O2S. The van der Waals surface area contributed by atoms with Crippen LogP contribution in [0.1, 0.15) is 32.2 Å². The lowest BCUT2D eigenvalue weighted by atomic mass is 9.97. The first-order valence-electron chi connectivity index (χ1n) is 8.70. The molecule has 0 fully saturated rings. The molecule has 6 nitrogen and oxygen atoms in total. The number of thiazole rings is 1. The Hall–Kier alpha value is -2.48. The van der Waals surface area contributed by atoms with Crippen LogP contribution in [0.5, 0.6) is 5.75 Å². The van der Waals surface area contributed by atoms with Crippen molar-refractivity contribution in [1.82, 2.24) is 9.88 Å². The Morgan fingerprint density at radius 1 is 1.41 bits per heavy atom. The number of halogens is 1. The highest BCUT2D eigenvalue weighted by molar-refractivity contribution is 7.15. The predicted octanol–water partition coefficient (Wildman–Crippen LogP) is 3.38. The average Bonchev–Trinajstić information content (AvgIpc) is 3.08. The van der Waals surface area contributed by atoms with Crippen LogP contribution < -0.4 is 10.5 Å². The van der Waals surface area contributed by atoms with Crippen LogP contribution in [0, 0.1) is 11.7 Å². The molecule has 0 aliphatic carbocycles. The lowest BCUT2D eigenvalue weighted by Crippen LogP contribution is -2.47. The molecule has 1 amide bonds. The maximum absolute atomic E-state index is 14.0. The number of benzene rings is 1. The Labute approximate surface area is 161 Å². The van der Waals surface area contributed by atoms with Crippen LogP contribution in [0.15, 0.2) is 29.4 Å². The third kappa shape index (κ3) is 4.10. The minimum Gasteiger partial charge on any atom is -0.493 e. The summed E-state index contributed by atoms with van der Waals surface area (Å²) in [5, 5.41) is 0.663. The van der Waals surface area contributed by atoms with Crippen LogP contribution in [0.2, 0.25) is 0 Å². The minimum atomic E-state index is -0.819. The monoisotopic (exact) mass is 390 g/mol. The van der Waals surface area contributed by atoms with Crippen molar-refractivity contribution in [3.8, 4) is 16.2 Å². The molecule has 144 valence electrons. The fraction of sp³-hybridized carbons (Fsp3) is 0.421. The molecule has 1 aromatic carbocycles. The summed E-state index contributed by atoms with van der Waals surface area (Å²) in [5.74, 6) is 0.509. The van der Waals surface area contributed by atoms with E-state index in [0.29, 0.717) is 28.8 Å². The molecule has 0 saturated heterocycles. The average molecular weight is 390 g/mol. The third-order valence-corrected chi connectivity index (χ3v) is 5.58. The number of nitrogens with two attached hydrogens (primary N) is 1. The Balaban J connectivity index is 1.91. The smallest absolute Gasteiger partial charge is 0.231 e. The van der Waals surface area contributed by atoms with E-state index in [9.17, 15) is 9.18 Å². The second-order valence-electron chi connectivity index (χ2n) is 7.28. The van der Waals surface area contributed by atoms with Crippen LogP contribution in [0.25, 0.3) is 10.4 Å². The fourth-order valence-electron chi connectivity index (χ4n) is 2.74. The van der Waals surface area contributed by atoms with Gasteiger partial charge in [0, 0.05) is 19.3 Å². The lowest BCUT2D eigenvalue weighted by molar-refractivity contribution is -0.128. The van der Waals surface area contributed by atoms with Crippen molar-refractivity contribution in [1.29, 1.82) is 0 Å². The molecule has 1 aliphatic rings. The van der Waals surface area contributed by atoms with Gasteiger partial charge in [0.2, 0.25) is 5.91 Å². The van der Waals surface area contributed by atoms with Gasteiger partial charge in [-0.25, -0.2) is 14.4 Å². The maximum Gasteiger partial charge on any atom is 0.231 e. The molecule has 1 aliphatic heterocycles. The van der Waals surface area contributed by atoms with Gasteiger partial charge in [-0.05, 0) is 30.5 Å². The highest BCUT2D eigenvalue weighted by Crippen LogP contribution is 2.39. The van der Waals surface area contributed by atoms with E-state index in [4.69, 9.17) is 10.5 Å². The number of ether oxygens (including phenoxy) is 1. The predicted molar refractivity (Wildman–Crippen MR) is 104 cm³/mol. The molecule has 8 heteroatoms. The summed E-state index contributed by atoms with van der Waals surface area (Å²) in [6, 6.07) is 4.61. The summed E-state index contributed by atoms with van der Waals surface area (Å²) in [5.41, 5.74) is 5.72. The van der Waals surface area contributed by atoms with Crippen molar-refractivity contribution in [3.63, 3.8) is 0 Å². The van der Waals surface area contributed by atoms with Crippen LogP contribution in [0.4, 0.5) is 4.39 Å². The SMILES string of the molecule is CC(C)COc1cc(F)cc(-c2cnc([C@]3(C)CC(=O)N(C)C(N)=N3)s2)c1. The Morgan fingerprint density at radius 3 is 2.81 bits per heavy atom. The number of rotatable bonds is 5. The van der Waals surface area contributed by atoms with E-state index in [0.717, 1.165) is 4.88 Å². The van der Waals surface area contributed by atoms with Gasteiger partial charge in [0.1, 0.15) is 22.1 Å². The van der Waals surface area contributed by atoms with E-state index >= 15 is 0 Å². The van der Waals surface area contributed by atoms with Crippen molar-refractivity contribution < 1.29 is 13.9 Å². The summed E-state index contributed by atoms with van der Waals surface area (Å²) < 4.78 is 19.7. The maximum atomic E-state index is 14.0. The van der Waals surface area contributed by atoms with E-state index in [1.807, 2.05) is 20.8 Å². The van der Waals surface area contributed by atoms with Crippen molar-refractivity contribution in [2.45, 2.75) is 32.7 Å². The van der Waals surface area contributed by atoms with Crippen LogP contribution in [-0.4, -0.2) is 35.4 Å². The third-order valence-electron chi connectivity index (χ3n) is 4.28. The molecule has 0 bridgehead atoms. The molecular weight excluding hydrogens is 367 g/mol. The highest BCUT2D eigenvalue weighted by Gasteiger charge is 2.38. The molecule has 0 unspecified atom stereocenters. The number of carbonyl (C=O) groups is 1. The number of carbonyl (C=O) groups excluding carboxylic acids is 1. The fourth-order valence-corrected chi connectivity index (χ4v) is 3.73. The van der Waals surface area contributed by atoms with E-state index in [1.165, 1.54) is 28.4 Å². The summed E-state index contributed by atoms with van der Waals surface area (Å²) in [6.45, 7) is 6.41. The Bertz CT molecular complexity index is 896. The number of nitrogens with zero attached hydrogens (tertiary/aromatic N) is 3. The van der Waals surface area contributed by atoms with Crippen molar-refractivity contribution in [2.75, 3.05) is 13.7 Å². The zero-order valence-electron chi connectivity index (χ0n) is 15.8. The van der Waals surface area contributed by atoms with Gasteiger partial charge in [0.15, 0.2) is 5.96 Å². The summed E-state index contributed by atoms with van der Waals surface area (Å²) in [6.07, 6.45) is 1.85. The Morgan fingerprint density at radius 2 is 2.15 bits per heavy atom. The lowest BCUT2D eigenvalue weighted by Gasteiger charge is -2.31. The van der Waals surface area contributed by atoms with Gasteiger partial charge in [0.25, 0.3) is 0 Å². The molecule has 27 heavy (non-hydrogen) atoms. The largest absolute Gasteiger partial charge is 0.493 e. The van der Waals surface area contributed by atoms with E-state index < -0.39 is 5.54 Å². The molecule has 2 aromatic rings. The molecule has 1 atom stereocenters. The minimum absolute atomic E-state index is 0.114. The normalized spacial score (nSPS) is 20.1. The Kier molecular flexibility index (Phi) is 5.19. The van der Waals surface area contributed by atoms with Crippen molar-refractivity contribution >= 4 is 23.2 Å². The summed E-state index contributed by atoms with van der Waals surface area (Å²) in [7, 11) is 1.60.